The molecule has 1 N–H and O–H groups in total. The average molecular weight is 288 g/mol. The Morgan fingerprint density at radius 2 is 2.20 bits per heavy atom. The highest BCUT2D eigenvalue weighted by Crippen LogP contribution is 2.42. The number of hydrogen-bond donors (Lipinski definition) is 1. The van der Waals surface area contributed by atoms with E-state index in [0.717, 1.165) is 12.3 Å². The van der Waals surface area contributed by atoms with Gasteiger partial charge in [0.15, 0.2) is 0 Å². The second kappa shape index (κ2) is 5.19. The molecule has 20 heavy (non-hydrogen) atoms. The van der Waals surface area contributed by atoms with Crippen LogP contribution in [0.5, 0.6) is 5.75 Å². The highest BCUT2D eigenvalue weighted by atomic mass is 32.1. The van der Waals surface area contributed by atoms with Gasteiger partial charge >= 0.3 is 0 Å². The quantitative estimate of drug-likeness (QED) is 0.930. The van der Waals surface area contributed by atoms with Crippen LogP contribution in [0.4, 0.5) is 0 Å². The van der Waals surface area contributed by atoms with Crippen LogP contribution in [0.1, 0.15) is 43.3 Å². The molecule has 1 aromatic carbocycles. The van der Waals surface area contributed by atoms with E-state index in [9.17, 15) is 0 Å². The van der Waals surface area contributed by atoms with Crippen LogP contribution in [-0.4, -0.2) is 17.1 Å². The summed E-state index contributed by atoms with van der Waals surface area (Å²) in [6, 6.07) is 8.51. The molecule has 0 fully saturated rings. The Bertz CT molecular complexity index is 580. The lowest BCUT2D eigenvalue weighted by Gasteiger charge is -2.28. The molecule has 0 radical (unpaired) electrons. The van der Waals surface area contributed by atoms with Crippen molar-refractivity contribution in [3.05, 3.63) is 46.4 Å². The van der Waals surface area contributed by atoms with E-state index < -0.39 is 0 Å². The van der Waals surface area contributed by atoms with Gasteiger partial charge in [0, 0.05) is 29.6 Å². The van der Waals surface area contributed by atoms with Crippen LogP contribution >= 0.6 is 11.3 Å². The van der Waals surface area contributed by atoms with Crippen molar-refractivity contribution in [1.29, 1.82) is 0 Å². The summed E-state index contributed by atoms with van der Waals surface area (Å²) in [5, 5.41) is 6.87. The molecule has 0 saturated heterocycles. The molecule has 2 unspecified atom stereocenters. The maximum atomic E-state index is 6.05. The minimum atomic E-state index is -0.216. The van der Waals surface area contributed by atoms with Crippen LogP contribution in [0.3, 0.4) is 0 Å². The fraction of sp³-hybridized carbons (Fsp3) is 0.438. The van der Waals surface area contributed by atoms with E-state index >= 15 is 0 Å². The van der Waals surface area contributed by atoms with Crippen LogP contribution in [0.2, 0.25) is 0 Å². The Morgan fingerprint density at radius 1 is 1.40 bits per heavy atom. The van der Waals surface area contributed by atoms with Crippen molar-refractivity contribution in [2.75, 3.05) is 6.54 Å². The lowest BCUT2D eigenvalue weighted by atomic mass is 9.94. The van der Waals surface area contributed by atoms with E-state index in [4.69, 9.17) is 4.74 Å². The van der Waals surface area contributed by atoms with Gasteiger partial charge in [0.1, 0.15) is 11.4 Å². The molecular weight excluding hydrogens is 268 g/mol. The summed E-state index contributed by atoms with van der Waals surface area (Å²) in [5.74, 6) is 1.41. The summed E-state index contributed by atoms with van der Waals surface area (Å²) >= 11 is 1.72. The summed E-state index contributed by atoms with van der Waals surface area (Å²) < 4.78 is 6.05. The minimum Gasteiger partial charge on any atom is -0.486 e. The molecule has 1 aliphatic rings. The lowest BCUT2D eigenvalue weighted by Crippen LogP contribution is -2.40. The van der Waals surface area contributed by atoms with Gasteiger partial charge < -0.3 is 10.1 Å². The molecule has 0 aliphatic carbocycles. The van der Waals surface area contributed by atoms with Gasteiger partial charge in [-0.05, 0) is 19.9 Å². The molecule has 0 amide bonds. The molecule has 2 heterocycles. The first-order valence-electron chi connectivity index (χ1n) is 6.98. The minimum absolute atomic E-state index is 0.216. The maximum absolute atomic E-state index is 6.05. The summed E-state index contributed by atoms with van der Waals surface area (Å²) in [6.07, 6.45) is 1.87. The first kappa shape index (κ1) is 13.6. The van der Waals surface area contributed by atoms with Gasteiger partial charge in [0.25, 0.3) is 0 Å². The maximum Gasteiger partial charge on any atom is 0.125 e. The van der Waals surface area contributed by atoms with Crippen molar-refractivity contribution in [2.24, 2.45) is 0 Å². The highest BCUT2D eigenvalue weighted by molar-refractivity contribution is 7.09. The number of thiazole rings is 1. The Hall–Kier alpha value is -1.39. The number of para-hydroxylation sites is 1. The molecule has 3 rings (SSSR count). The second-order valence-corrected chi connectivity index (χ2v) is 6.78. The standard InChI is InChI=1S/C16H20N2OS/c1-11(15-17-8-9-20-15)10-18-14-12-6-4-5-7-13(12)19-16(14,2)3/h4-9,11,14,18H,10H2,1-3H3. The van der Waals surface area contributed by atoms with Crippen LogP contribution in [0, 0.1) is 0 Å². The van der Waals surface area contributed by atoms with E-state index in [1.807, 2.05) is 23.7 Å². The van der Waals surface area contributed by atoms with Gasteiger partial charge in [-0.15, -0.1) is 11.3 Å². The number of rotatable bonds is 4. The molecule has 4 heteroatoms. The molecule has 1 aromatic heterocycles. The SMILES string of the molecule is CC(CNC1c2ccccc2OC1(C)C)c1nccs1. The molecular formula is C16H20N2OS. The molecule has 106 valence electrons. The largest absolute Gasteiger partial charge is 0.486 e. The molecule has 2 aromatic rings. The van der Waals surface area contributed by atoms with Crippen molar-refractivity contribution in [2.45, 2.75) is 38.3 Å². The number of ether oxygens (including phenoxy) is 1. The second-order valence-electron chi connectivity index (χ2n) is 5.86. The number of benzene rings is 1. The van der Waals surface area contributed by atoms with Crippen LogP contribution in [0.15, 0.2) is 35.8 Å². The number of nitrogens with zero attached hydrogens (tertiary/aromatic N) is 1. The third-order valence-corrected chi connectivity index (χ3v) is 4.81. The van der Waals surface area contributed by atoms with Crippen molar-refractivity contribution in [3.63, 3.8) is 0 Å². The van der Waals surface area contributed by atoms with Gasteiger partial charge in [-0.25, -0.2) is 4.98 Å². The van der Waals surface area contributed by atoms with Crippen LogP contribution in [-0.2, 0) is 0 Å². The number of nitrogens with one attached hydrogen (secondary N) is 1. The van der Waals surface area contributed by atoms with Gasteiger partial charge in [-0.2, -0.15) is 0 Å². The van der Waals surface area contributed by atoms with Gasteiger partial charge in [0.2, 0.25) is 0 Å². The number of fused-ring (bicyclic) bond motifs is 1. The zero-order valence-corrected chi connectivity index (χ0v) is 12.9. The topological polar surface area (TPSA) is 34.1 Å². The molecule has 0 saturated carbocycles. The fourth-order valence-corrected chi connectivity index (χ4v) is 3.44. The molecule has 0 spiro atoms. The van der Waals surface area contributed by atoms with E-state index in [1.165, 1.54) is 10.6 Å². The Kier molecular flexibility index (Phi) is 3.52. The zero-order chi connectivity index (χ0) is 14.2. The normalized spacial score (nSPS) is 21.2. The third-order valence-electron chi connectivity index (χ3n) is 3.80. The average Bonchev–Trinajstić information content (AvgIpc) is 3.01. The van der Waals surface area contributed by atoms with Crippen molar-refractivity contribution in [3.8, 4) is 5.75 Å². The Morgan fingerprint density at radius 3 is 2.95 bits per heavy atom. The first-order valence-corrected chi connectivity index (χ1v) is 7.86. The van der Waals surface area contributed by atoms with E-state index in [-0.39, 0.29) is 11.6 Å². The van der Waals surface area contributed by atoms with Gasteiger partial charge in [0.05, 0.1) is 11.0 Å². The van der Waals surface area contributed by atoms with Crippen LogP contribution < -0.4 is 10.1 Å². The highest BCUT2D eigenvalue weighted by Gasteiger charge is 2.40. The Balaban J connectivity index is 1.73. The van der Waals surface area contributed by atoms with E-state index in [0.29, 0.717) is 5.92 Å². The van der Waals surface area contributed by atoms with Crippen molar-refractivity contribution < 1.29 is 4.74 Å². The molecule has 3 nitrogen and oxygen atoms in total. The van der Waals surface area contributed by atoms with E-state index in [2.05, 4.69) is 43.2 Å². The number of aromatic nitrogens is 1. The zero-order valence-electron chi connectivity index (χ0n) is 12.1. The Labute approximate surface area is 124 Å². The van der Waals surface area contributed by atoms with Gasteiger partial charge in [-0.3, -0.25) is 0 Å². The molecule has 2 atom stereocenters. The predicted octanol–water partition coefficient (Wildman–Crippen LogP) is 3.75. The fourth-order valence-electron chi connectivity index (χ4n) is 2.74. The third kappa shape index (κ3) is 2.45. The summed E-state index contributed by atoms with van der Waals surface area (Å²) in [6.45, 7) is 7.39. The smallest absolute Gasteiger partial charge is 0.125 e. The van der Waals surface area contributed by atoms with Crippen molar-refractivity contribution >= 4 is 11.3 Å². The number of hydrogen-bond acceptors (Lipinski definition) is 4. The predicted molar refractivity (Wildman–Crippen MR) is 82.4 cm³/mol. The molecule has 1 aliphatic heterocycles. The summed E-state index contributed by atoms with van der Waals surface area (Å²) in [5.41, 5.74) is 1.04. The summed E-state index contributed by atoms with van der Waals surface area (Å²) in [4.78, 5) is 4.39. The van der Waals surface area contributed by atoms with Gasteiger partial charge in [-0.1, -0.05) is 25.1 Å². The first-order chi connectivity index (χ1) is 9.58. The van der Waals surface area contributed by atoms with Crippen LogP contribution in [0.25, 0.3) is 0 Å². The monoisotopic (exact) mass is 288 g/mol. The molecule has 0 bridgehead atoms. The van der Waals surface area contributed by atoms with Crippen molar-refractivity contribution in [1.82, 2.24) is 10.3 Å². The lowest BCUT2D eigenvalue weighted by molar-refractivity contribution is 0.0960. The summed E-state index contributed by atoms with van der Waals surface area (Å²) in [7, 11) is 0. The van der Waals surface area contributed by atoms with E-state index in [1.54, 1.807) is 11.3 Å².